The van der Waals surface area contributed by atoms with Crippen molar-refractivity contribution in [3.8, 4) is 0 Å². The summed E-state index contributed by atoms with van der Waals surface area (Å²) in [5, 5.41) is 23.1. The maximum absolute atomic E-state index is 12.4. The van der Waals surface area contributed by atoms with Crippen molar-refractivity contribution < 1.29 is 24.5 Å². The van der Waals surface area contributed by atoms with Crippen LogP contribution in [-0.4, -0.2) is 47.4 Å². The highest BCUT2D eigenvalue weighted by Crippen LogP contribution is 2.18. The van der Waals surface area contributed by atoms with Crippen molar-refractivity contribution in [2.24, 2.45) is 0 Å². The molecule has 2 unspecified atom stereocenters. The lowest BCUT2D eigenvalue weighted by molar-refractivity contribution is -0.143. The van der Waals surface area contributed by atoms with Crippen LogP contribution < -0.4 is 5.32 Å². The lowest BCUT2D eigenvalue weighted by atomic mass is 10.0. The third kappa shape index (κ3) is 55.5. The highest BCUT2D eigenvalue weighted by molar-refractivity contribution is 5.76. The SMILES string of the molecule is CCCCCCCC/C=C\CCCCCCCC(=O)OCCCCCCCCCCCCCCCCCCCCCCCCCCCC(=O)NC(CO)C(O)/C=C/CCCCCCCCCCCC. The minimum Gasteiger partial charge on any atom is -0.466 e. The number of hydrogen-bond donors (Lipinski definition) is 3. The molecule has 0 rings (SSSR count). The molecule has 0 aliphatic carbocycles. The molecule has 6 nitrogen and oxygen atoms in total. The molecule has 3 N–H and O–H groups in total. The van der Waals surface area contributed by atoms with Gasteiger partial charge >= 0.3 is 5.97 Å². The van der Waals surface area contributed by atoms with E-state index in [1.54, 1.807) is 6.08 Å². The predicted octanol–water partition coefficient (Wildman–Crippen LogP) is 19.4. The molecule has 1 amide bonds. The van der Waals surface area contributed by atoms with Gasteiger partial charge in [-0.25, -0.2) is 0 Å². The molecule has 6 heteroatoms. The Morgan fingerprint density at radius 2 is 0.681 bits per heavy atom. The molecule has 0 saturated carbocycles. The van der Waals surface area contributed by atoms with Gasteiger partial charge in [0.15, 0.2) is 0 Å². The minimum absolute atomic E-state index is 0.00821. The van der Waals surface area contributed by atoms with E-state index < -0.39 is 12.1 Å². The van der Waals surface area contributed by atoms with E-state index in [1.165, 1.54) is 270 Å². The number of unbranched alkanes of at least 4 members (excludes halogenated alkanes) is 45. The Morgan fingerprint density at radius 3 is 1.03 bits per heavy atom. The van der Waals surface area contributed by atoms with Gasteiger partial charge in [0.1, 0.15) is 0 Å². The smallest absolute Gasteiger partial charge is 0.305 e. The van der Waals surface area contributed by atoms with Crippen molar-refractivity contribution in [3.63, 3.8) is 0 Å². The highest BCUT2D eigenvalue weighted by Gasteiger charge is 2.18. The lowest BCUT2D eigenvalue weighted by Gasteiger charge is -2.20. The number of carbonyl (C=O) groups is 2. The van der Waals surface area contributed by atoms with Gasteiger partial charge in [0.25, 0.3) is 0 Å². The summed E-state index contributed by atoms with van der Waals surface area (Å²) in [6, 6.07) is -0.625. The van der Waals surface area contributed by atoms with Crippen LogP contribution in [0.5, 0.6) is 0 Å². The van der Waals surface area contributed by atoms with Crippen molar-refractivity contribution in [3.05, 3.63) is 24.3 Å². The second kappa shape index (κ2) is 58.9. The number of aliphatic hydroxyl groups is 2. The lowest BCUT2D eigenvalue weighted by Crippen LogP contribution is -2.45. The number of hydrogen-bond acceptors (Lipinski definition) is 5. The molecule has 2 atom stereocenters. The van der Waals surface area contributed by atoms with E-state index >= 15 is 0 Å². The average Bonchev–Trinajstić information content (AvgIpc) is 3.35. The standard InChI is InChI=1S/C63H121NO5/c1-3-5-7-9-11-13-15-17-29-33-37-41-45-49-53-57-63(68)69-58-54-50-46-42-38-34-31-28-26-24-22-20-18-19-21-23-25-27-30-32-36-40-44-48-52-56-62(67)64-60(59-65)61(66)55-51-47-43-39-35-16-14-12-10-8-6-4-2/h17,29,51,55,60-61,65-66H,3-16,18-28,30-50,52-54,56-59H2,1-2H3,(H,64,67)/b29-17-,55-51+. The van der Waals surface area contributed by atoms with Gasteiger partial charge in [-0.15, -0.1) is 0 Å². The number of aliphatic hydroxyl groups excluding tert-OH is 2. The molecule has 69 heavy (non-hydrogen) atoms. The Labute approximate surface area is 431 Å². The number of esters is 1. The second-order valence-corrected chi connectivity index (χ2v) is 21.4. The minimum atomic E-state index is -0.842. The van der Waals surface area contributed by atoms with Crippen molar-refractivity contribution in [2.75, 3.05) is 13.2 Å². The summed E-state index contributed by atoms with van der Waals surface area (Å²) in [7, 11) is 0. The van der Waals surface area contributed by atoms with Gasteiger partial charge in [0.2, 0.25) is 5.91 Å². The number of rotatable bonds is 58. The van der Waals surface area contributed by atoms with Gasteiger partial charge in [0, 0.05) is 12.8 Å². The van der Waals surface area contributed by atoms with Crippen LogP contribution in [-0.2, 0) is 14.3 Å². The molecule has 0 radical (unpaired) electrons. The Bertz CT molecular complexity index is 1080. The summed E-state index contributed by atoms with van der Waals surface area (Å²) in [4.78, 5) is 24.5. The number of ether oxygens (including phenoxy) is 1. The van der Waals surface area contributed by atoms with Crippen molar-refractivity contribution in [1.29, 1.82) is 0 Å². The van der Waals surface area contributed by atoms with Crippen LogP contribution in [0.2, 0.25) is 0 Å². The molecule has 0 aromatic rings. The Morgan fingerprint density at radius 1 is 0.391 bits per heavy atom. The average molecular weight is 973 g/mol. The normalized spacial score (nSPS) is 12.7. The molecule has 0 aromatic heterocycles. The molecule has 0 aromatic carbocycles. The first kappa shape index (κ1) is 67.3. The fraction of sp³-hybridized carbons (Fsp3) is 0.905. The first-order valence-electron chi connectivity index (χ1n) is 31.1. The monoisotopic (exact) mass is 972 g/mol. The Balaban J connectivity index is 3.36. The van der Waals surface area contributed by atoms with Crippen molar-refractivity contribution >= 4 is 11.9 Å². The van der Waals surface area contributed by atoms with Gasteiger partial charge < -0.3 is 20.3 Å². The van der Waals surface area contributed by atoms with Gasteiger partial charge in [-0.05, 0) is 57.8 Å². The van der Waals surface area contributed by atoms with Gasteiger partial charge in [0.05, 0.1) is 25.4 Å². The molecule has 0 heterocycles. The molecule has 0 aliphatic rings. The maximum atomic E-state index is 12.4. The van der Waals surface area contributed by atoms with Crippen LogP contribution in [0.4, 0.5) is 0 Å². The zero-order valence-electron chi connectivity index (χ0n) is 46.6. The number of allylic oxidation sites excluding steroid dienone is 3. The third-order valence-electron chi connectivity index (χ3n) is 14.5. The number of amides is 1. The number of nitrogens with one attached hydrogen (secondary N) is 1. The van der Waals surface area contributed by atoms with Crippen LogP contribution >= 0.6 is 0 Å². The van der Waals surface area contributed by atoms with E-state index in [9.17, 15) is 19.8 Å². The van der Waals surface area contributed by atoms with Gasteiger partial charge in [-0.3, -0.25) is 9.59 Å². The molecular formula is C63H121NO5. The van der Waals surface area contributed by atoms with Gasteiger partial charge in [-0.2, -0.15) is 0 Å². The van der Waals surface area contributed by atoms with E-state index in [1.807, 2.05) is 6.08 Å². The summed E-state index contributed by atoms with van der Waals surface area (Å²) < 4.78 is 5.48. The first-order chi connectivity index (χ1) is 34.0. The Hall–Kier alpha value is -1.66. The summed E-state index contributed by atoms with van der Waals surface area (Å²) in [5.41, 5.74) is 0. The molecule has 0 bridgehead atoms. The van der Waals surface area contributed by atoms with E-state index in [0.717, 1.165) is 44.9 Å². The quantitative estimate of drug-likeness (QED) is 0.0321. The molecule has 408 valence electrons. The predicted molar refractivity (Wildman–Crippen MR) is 301 cm³/mol. The summed E-state index contributed by atoms with van der Waals surface area (Å²) >= 11 is 0. The van der Waals surface area contributed by atoms with Crippen molar-refractivity contribution in [2.45, 2.75) is 353 Å². The van der Waals surface area contributed by atoms with Crippen LogP contribution in [0.3, 0.4) is 0 Å². The molecular weight excluding hydrogens is 851 g/mol. The summed E-state index contributed by atoms with van der Waals surface area (Å²) in [5.74, 6) is -0.0578. The van der Waals surface area contributed by atoms with E-state index in [0.29, 0.717) is 19.4 Å². The Kier molecular flexibility index (Phi) is 57.5. The molecule has 0 aliphatic heterocycles. The van der Waals surface area contributed by atoms with Gasteiger partial charge in [-0.1, -0.05) is 295 Å². The molecule has 0 fully saturated rings. The van der Waals surface area contributed by atoms with E-state index in [4.69, 9.17) is 4.74 Å². The fourth-order valence-electron chi connectivity index (χ4n) is 9.69. The topological polar surface area (TPSA) is 95.9 Å². The zero-order chi connectivity index (χ0) is 50.0. The number of carbonyl (C=O) groups excluding carboxylic acids is 2. The van der Waals surface area contributed by atoms with Crippen LogP contribution in [0.15, 0.2) is 24.3 Å². The fourth-order valence-corrected chi connectivity index (χ4v) is 9.69. The second-order valence-electron chi connectivity index (χ2n) is 21.4. The first-order valence-corrected chi connectivity index (χ1v) is 31.1. The maximum Gasteiger partial charge on any atom is 0.305 e. The van der Waals surface area contributed by atoms with Crippen LogP contribution in [0.1, 0.15) is 341 Å². The van der Waals surface area contributed by atoms with Crippen LogP contribution in [0.25, 0.3) is 0 Å². The molecule has 0 spiro atoms. The molecule has 0 saturated heterocycles. The summed E-state index contributed by atoms with van der Waals surface area (Å²) in [6.45, 7) is 4.90. The third-order valence-corrected chi connectivity index (χ3v) is 14.5. The van der Waals surface area contributed by atoms with E-state index in [-0.39, 0.29) is 18.5 Å². The highest BCUT2D eigenvalue weighted by atomic mass is 16.5. The van der Waals surface area contributed by atoms with E-state index in [2.05, 4.69) is 31.3 Å². The van der Waals surface area contributed by atoms with Crippen LogP contribution in [0, 0.1) is 0 Å². The largest absolute Gasteiger partial charge is 0.466 e. The summed E-state index contributed by atoms with van der Waals surface area (Å²) in [6.07, 6.45) is 72.2. The van der Waals surface area contributed by atoms with Crippen molar-refractivity contribution in [1.82, 2.24) is 5.32 Å². The zero-order valence-corrected chi connectivity index (χ0v) is 46.6.